The maximum absolute atomic E-state index is 12.0. The minimum absolute atomic E-state index is 0.0894. The molecule has 1 atom stereocenters. The number of nitrogens with zero attached hydrogens (tertiary/aromatic N) is 1. The maximum Gasteiger partial charge on any atom is 0.281 e. The molecule has 0 aliphatic rings. The van der Waals surface area contributed by atoms with Crippen molar-refractivity contribution in [3.05, 3.63) is 35.9 Å². The lowest BCUT2D eigenvalue weighted by molar-refractivity contribution is -0.318. The van der Waals surface area contributed by atoms with Crippen molar-refractivity contribution in [1.82, 2.24) is 5.23 Å². The van der Waals surface area contributed by atoms with Crippen LogP contribution in [0.25, 0.3) is 0 Å². The highest BCUT2D eigenvalue weighted by Crippen LogP contribution is 2.21. The Morgan fingerprint density at radius 2 is 1.88 bits per heavy atom. The molecule has 1 aromatic carbocycles. The van der Waals surface area contributed by atoms with Crippen LogP contribution in [0.2, 0.25) is 0 Å². The van der Waals surface area contributed by atoms with Gasteiger partial charge in [0.2, 0.25) is 0 Å². The third kappa shape index (κ3) is 3.37. The fourth-order valence-electron chi connectivity index (χ4n) is 1.54. The Balaban J connectivity index is 2.93. The van der Waals surface area contributed by atoms with Crippen molar-refractivity contribution in [2.75, 3.05) is 14.2 Å². The lowest BCUT2D eigenvalue weighted by Gasteiger charge is -2.21. The molecular weight excluding hydrogens is 222 g/mol. The van der Waals surface area contributed by atoms with Crippen LogP contribution in [-0.2, 0) is 19.3 Å². The number of carbonyl (C=O) groups is 2. The Hall–Kier alpha value is -1.72. The summed E-state index contributed by atoms with van der Waals surface area (Å²) in [7, 11) is 2.65. The smallest absolute Gasteiger partial charge is 0.281 e. The Labute approximate surface area is 99.8 Å². The molecule has 5 heteroatoms. The van der Waals surface area contributed by atoms with Gasteiger partial charge in [0.05, 0.1) is 20.1 Å². The average molecular weight is 237 g/mol. The Kier molecular flexibility index (Phi) is 5.32. The monoisotopic (exact) mass is 237 g/mol. The highest BCUT2D eigenvalue weighted by molar-refractivity contribution is 5.84. The van der Waals surface area contributed by atoms with Crippen molar-refractivity contribution < 1.29 is 19.3 Å². The fraction of sp³-hybridized carbons (Fsp3) is 0.333. The third-order valence-electron chi connectivity index (χ3n) is 2.34. The second kappa shape index (κ2) is 6.78. The Morgan fingerprint density at radius 1 is 1.29 bits per heavy atom. The van der Waals surface area contributed by atoms with Gasteiger partial charge in [-0.1, -0.05) is 35.6 Å². The Morgan fingerprint density at radius 3 is 2.35 bits per heavy atom. The number of hydrogen-bond donors (Lipinski definition) is 0. The van der Waals surface area contributed by atoms with Crippen LogP contribution in [0.1, 0.15) is 17.9 Å². The summed E-state index contributed by atoms with van der Waals surface area (Å²) in [6.45, 7) is 0. The van der Waals surface area contributed by atoms with Gasteiger partial charge in [-0.15, -0.1) is 0 Å². The number of hydroxylamine groups is 2. The van der Waals surface area contributed by atoms with E-state index in [9.17, 15) is 9.59 Å². The van der Waals surface area contributed by atoms with Crippen molar-refractivity contribution in [1.29, 1.82) is 0 Å². The predicted molar refractivity (Wildman–Crippen MR) is 60.7 cm³/mol. The van der Waals surface area contributed by atoms with E-state index in [1.54, 1.807) is 12.1 Å². The molecule has 0 radical (unpaired) electrons. The molecule has 92 valence electrons. The number of rotatable bonds is 6. The molecule has 0 aliphatic carbocycles. The molecule has 0 spiro atoms. The second-order valence-corrected chi connectivity index (χ2v) is 3.33. The van der Waals surface area contributed by atoms with E-state index < -0.39 is 11.8 Å². The lowest BCUT2D eigenvalue weighted by Crippen LogP contribution is -2.33. The first-order chi connectivity index (χ1) is 8.24. The van der Waals surface area contributed by atoms with E-state index in [1.165, 1.54) is 14.2 Å². The van der Waals surface area contributed by atoms with Crippen LogP contribution < -0.4 is 0 Å². The van der Waals surface area contributed by atoms with Crippen LogP contribution in [0, 0.1) is 0 Å². The molecule has 0 aromatic heterocycles. The maximum atomic E-state index is 12.0. The van der Waals surface area contributed by atoms with Gasteiger partial charge in [0, 0.05) is 6.42 Å². The van der Waals surface area contributed by atoms with Gasteiger partial charge in [0.25, 0.3) is 5.91 Å². The van der Waals surface area contributed by atoms with E-state index >= 15 is 0 Å². The number of carbonyl (C=O) groups excluding carboxylic acids is 2. The Bertz CT molecular complexity index is 362. The SMILES string of the molecule is CON(OC)C(=O)[C@@H](CC=O)c1ccccc1. The van der Waals surface area contributed by atoms with E-state index in [4.69, 9.17) is 9.68 Å². The molecule has 5 nitrogen and oxygen atoms in total. The minimum atomic E-state index is -0.589. The summed E-state index contributed by atoms with van der Waals surface area (Å²) in [5, 5.41) is 0.765. The van der Waals surface area contributed by atoms with Crippen molar-refractivity contribution in [2.24, 2.45) is 0 Å². The van der Waals surface area contributed by atoms with Gasteiger partial charge in [-0.05, 0) is 5.56 Å². The van der Waals surface area contributed by atoms with Gasteiger partial charge < -0.3 is 4.79 Å². The zero-order chi connectivity index (χ0) is 12.7. The van der Waals surface area contributed by atoms with Crippen LogP contribution >= 0.6 is 0 Å². The van der Waals surface area contributed by atoms with Crippen molar-refractivity contribution in [3.63, 3.8) is 0 Å². The molecule has 0 bridgehead atoms. The quantitative estimate of drug-likeness (QED) is 0.553. The average Bonchev–Trinajstić information content (AvgIpc) is 2.38. The highest BCUT2D eigenvalue weighted by Gasteiger charge is 2.26. The molecule has 17 heavy (non-hydrogen) atoms. The molecular formula is C12H15NO4. The molecule has 1 aromatic rings. The number of amides is 1. The second-order valence-electron chi connectivity index (χ2n) is 3.33. The first-order valence-electron chi connectivity index (χ1n) is 5.15. The summed E-state index contributed by atoms with van der Waals surface area (Å²) in [4.78, 5) is 32.2. The molecule has 0 fully saturated rings. The molecule has 0 aliphatic heterocycles. The van der Waals surface area contributed by atoms with E-state index in [0.717, 1.165) is 10.8 Å². The first kappa shape index (κ1) is 13.3. The van der Waals surface area contributed by atoms with Crippen LogP contribution in [0.3, 0.4) is 0 Å². The standard InChI is InChI=1S/C12H15NO4/c1-16-13(17-2)12(15)11(8-9-14)10-6-4-3-5-7-10/h3-7,9,11H,8H2,1-2H3/t11-/m0/s1. The van der Waals surface area contributed by atoms with Crippen molar-refractivity contribution in [3.8, 4) is 0 Å². The molecule has 0 saturated heterocycles. The molecule has 1 amide bonds. The van der Waals surface area contributed by atoms with Gasteiger partial charge in [-0.25, -0.2) is 9.68 Å². The van der Waals surface area contributed by atoms with Gasteiger partial charge in [0.1, 0.15) is 6.29 Å². The molecule has 0 saturated carbocycles. The molecule has 0 unspecified atom stereocenters. The van der Waals surface area contributed by atoms with Gasteiger partial charge >= 0.3 is 0 Å². The topological polar surface area (TPSA) is 55.8 Å². The molecule has 0 heterocycles. The molecule has 1 rings (SSSR count). The summed E-state index contributed by atoms with van der Waals surface area (Å²) >= 11 is 0. The summed E-state index contributed by atoms with van der Waals surface area (Å²) in [6, 6.07) is 9.04. The fourth-order valence-corrected chi connectivity index (χ4v) is 1.54. The normalized spacial score (nSPS) is 11.9. The zero-order valence-electron chi connectivity index (χ0n) is 9.83. The highest BCUT2D eigenvalue weighted by atomic mass is 16.9. The summed E-state index contributed by atoms with van der Waals surface area (Å²) in [5.41, 5.74) is 0.753. The molecule has 0 N–H and O–H groups in total. The minimum Gasteiger partial charge on any atom is -0.303 e. The summed E-state index contributed by atoms with van der Waals surface area (Å²) in [5.74, 6) is -0.998. The van der Waals surface area contributed by atoms with Crippen LogP contribution in [0.15, 0.2) is 30.3 Å². The van der Waals surface area contributed by atoms with Crippen molar-refractivity contribution >= 4 is 12.2 Å². The predicted octanol–water partition coefficient (Wildman–Crippen LogP) is 1.31. The number of aldehydes is 1. The summed E-state index contributed by atoms with van der Waals surface area (Å²) < 4.78 is 0. The van der Waals surface area contributed by atoms with E-state index in [2.05, 4.69) is 0 Å². The third-order valence-corrected chi connectivity index (χ3v) is 2.34. The number of hydrogen-bond acceptors (Lipinski definition) is 4. The summed E-state index contributed by atoms with van der Waals surface area (Å²) in [6.07, 6.45) is 0.797. The van der Waals surface area contributed by atoms with Gasteiger partial charge in [0.15, 0.2) is 0 Å². The van der Waals surface area contributed by atoms with E-state index in [1.807, 2.05) is 18.2 Å². The van der Waals surface area contributed by atoms with E-state index in [-0.39, 0.29) is 6.42 Å². The van der Waals surface area contributed by atoms with Crippen LogP contribution in [-0.4, -0.2) is 31.6 Å². The van der Waals surface area contributed by atoms with Crippen LogP contribution in [0.5, 0.6) is 0 Å². The van der Waals surface area contributed by atoms with Crippen LogP contribution in [0.4, 0.5) is 0 Å². The first-order valence-corrected chi connectivity index (χ1v) is 5.15. The largest absolute Gasteiger partial charge is 0.303 e. The zero-order valence-corrected chi connectivity index (χ0v) is 9.83. The van der Waals surface area contributed by atoms with E-state index in [0.29, 0.717) is 6.29 Å². The van der Waals surface area contributed by atoms with Gasteiger partial charge in [-0.2, -0.15) is 0 Å². The van der Waals surface area contributed by atoms with Gasteiger partial charge in [-0.3, -0.25) is 4.79 Å². The lowest BCUT2D eigenvalue weighted by atomic mass is 9.96. The number of benzene rings is 1. The van der Waals surface area contributed by atoms with Crippen molar-refractivity contribution in [2.45, 2.75) is 12.3 Å².